The van der Waals surface area contributed by atoms with Crippen molar-refractivity contribution in [2.75, 3.05) is 18.0 Å². The molecule has 1 aliphatic heterocycles. The van der Waals surface area contributed by atoms with E-state index in [1.54, 1.807) is 6.07 Å². The zero-order valence-corrected chi connectivity index (χ0v) is 23.6. The minimum Gasteiger partial charge on any atom is -0.400 e. The van der Waals surface area contributed by atoms with Crippen molar-refractivity contribution in [3.8, 4) is 0 Å². The van der Waals surface area contributed by atoms with Crippen molar-refractivity contribution in [3.63, 3.8) is 0 Å². The van der Waals surface area contributed by atoms with Crippen LogP contribution in [0.25, 0.3) is 0 Å². The molecule has 1 heterocycles. The fraction of sp³-hybridized carbons (Fsp3) is 0.387. The van der Waals surface area contributed by atoms with Crippen LogP contribution in [0.2, 0.25) is 5.04 Å². The van der Waals surface area contributed by atoms with Crippen LogP contribution >= 0.6 is 0 Å². The van der Waals surface area contributed by atoms with Gasteiger partial charge in [-0.2, -0.15) is 0 Å². The molecule has 2 unspecified atom stereocenters. The van der Waals surface area contributed by atoms with Crippen LogP contribution in [0.15, 0.2) is 66.7 Å². The first kappa shape index (κ1) is 28.1. The summed E-state index contributed by atoms with van der Waals surface area (Å²) in [4.78, 5) is 13.4. The highest BCUT2D eigenvalue weighted by atomic mass is 28.2. The van der Waals surface area contributed by atoms with Crippen molar-refractivity contribution >= 4 is 21.7 Å². The summed E-state index contributed by atoms with van der Waals surface area (Å²) in [7, 11) is 0.0280. The van der Waals surface area contributed by atoms with Crippen molar-refractivity contribution in [3.05, 3.63) is 101 Å². The summed E-state index contributed by atoms with van der Waals surface area (Å²) in [5.74, 6) is -1.98. The Morgan fingerprint density at radius 3 is 1.95 bits per heavy atom. The Kier molecular flexibility index (Phi) is 8.50. The van der Waals surface area contributed by atoms with E-state index in [-0.39, 0.29) is 44.7 Å². The van der Waals surface area contributed by atoms with Crippen molar-refractivity contribution in [1.82, 2.24) is 0 Å². The molecule has 4 rings (SSSR count). The third-order valence-electron chi connectivity index (χ3n) is 6.55. The lowest BCUT2D eigenvalue weighted by molar-refractivity contribution is -0.107. The molecule has 2 atom stereocenters. The second-order valence-corrected chi connectivity index (χ2v) is 12.9. The molecular weight excluding hydrogens is 500 g/mol. The maximum Gasteiger partial charge on any atom is 0.237 e. The fourth-order valence-electron chi connectivity index (χ4n) is 5.07. The lowest BCUT2D eigenvalue weighted by atomic mass is 9.78. The quantitative estimate of drug-likeness (QED) is 0.188. The number of benzene rings is 3. The van der Waals surface area contributed by atoms with E-state index in [1.807, 2.05) is 79.4 Å². The molecule has 0 bridgehead atoms. The van der Waals surface area contributed by atoms with Gasteiger partial charge in [-0.25, -0.2) is 8.78 Å². The Morgan fingerprint density at radius 2 is 1.47 bits per heavy atom. The molecule has 0 aliphatic carbocycles. The normalized spacial score (nSPS) is 18.4. The third-order valence-corrected chi connectivity index (χ3v) is 7.57. The van der Waals surface area contributed by atoms with Gasteiger partial charge in [0.25, 0.3) is 0 Å². The molecule has 0 amide bonds. The second-order valence-electron chi connectivity index (χ2n) is 11.0. The average Bonchev–Trinajstić information content (AvgIpc) is 2.87. The molecule has 0 aromatic heterocycles. The van der Waals surface area contributed by atoms with Crippen molar-refractivity contribution < 1.29 is 22.7 Å². The molecule has 1 saturated heterocycles. The van der Waals surface area contributed by atoms with Crippen LogP contribution in [0, 0.1) is 11.6 Å². The molecule has 0 saturated carbocycles. The van der Waals surface area contributed by atoms with Gasteiger partial charge in [-0.15, -0.1) is 0 Å². The first-order valence-electron chi connectivity index (χ1n) is 13.0. The van der Waals surface area contributed by atoms with E-state index in [0.29, 0.717) is 24.9 Å². The van der Waals surface area contributed by atoms with Gasteiger partial charge in [-0.05, 0) is 41.6 Å². The van der Waals surface area contributed by atoms with Crippen LogP contribution in [0.3, 0.4) is 0 Å². The van der Waals surface area contributed by atoms with E-state index in [9.17, 15) is 4.79 Å². The van der Waals surface area contributed by atoms with E-state index >= 15 is 8.78 Å². The van der Waals surface area contributed by atoms with Crippen LogP contribution in [-0.4, -0.2) is 41.3 Å². The molecule has 7 heteroatoms. The van der Waals surface area contributed by atoms with E-state index in [0.717, 1.165) is 11.1 Å². The Hall–Kier alpha value is -2.87. The highest BCUT2D eigenvalue weighted by molar-refractivity contribution is 6.32. The number of anilines is 1. The van der Waals surface area contributed by atoms with Crippen LogP contribution in [0.5, 0.6) is 0 Å². The number of hydrogen-bond acceptors (Lipinski definition) is 4. The van der Waals surface area contributed by atoms with E-state index < -0.39 is 17.2 Å². The van der Waals surface area contributed by atoms with Crippen LogP contribution < -0.4 is 4.90 Å². The highest BCUT2D eigenvalue weighted by Crippen LogP contribution is 2.48. The predicted octanol–water partition coefficient (Wildman–Crippen LogP) is 6.47. The summed E-state index contributed by atoms with van der Waals surface area (Å²) >= 11 is 0. The van der Waals surface area contributed by atoms with Gasteiger partial charge in [0.15, 0.2) is 11.6 Å². The molecule has 1 fully saturated rings. The molecule has 200 valence electrons. The van der Waals surface area contributed by atoms with E-state index in [1.165, 1.54) is 0 Å². The van der Waals surface area contributed by atoms with Gasteiger partial charge < -0.3 is 18.9 Å². The second kappa shape index (κ2) is 11.5. The number of carbonyl (C=O) groups excluding carboxylic acids is 1. The molecule has 0 spiro atoms. The predicted molar refractivity (Wildman–Crippen MR) is 148 cm³/mol. The van der Waals surface area contributed by atoms with Crippen molar-refractivity contribution in [2.24, 2.45) is 0 Å². The summed E-state index contributed by atoms with van der Waals surface area (Å²) < 4.78 is 44.7. The molecule has 3 aromatic carbocycles. The summed E-state index contributed by atoms with van der Waals surface area (Å²) in [5.41, 5.74) is 0.947. The topological polar surface area (TPSA) is 38.8 Å². The number of carbonyl (C=O) groups is 1. The maximum absolute atomic E-state index is 16.3. The average molecular weight is 536 g/mol. The summed E-state index contributed by atoms with van der Waals surface area (Å²) in [5, 5.41) is -0.193. The minimum atomic E-state index is -1.26. The number of rotatable bonds is 8. The van der Waals surface area contributed by atoms with Crippen LogP contribution in [0.4, 0.5) is 14.5 Å². The molecule has 38 heavy (non-hydrogen) atoms. The lowest BCUT2D eigenvalue weighted by Gasteiger charge is -2.43. The molecule has 4 nitrogen and oxygen atoms in total. The van der Waals surface area contributed by atoms with Gasteiger partial charge in [-0.3, -0.25) is 0 Å². The number of nitrogens with zero attached hydrogens (tertiary/aromatic N) is 1. The Balaban J connectivity index is 2.12. The number of ether oxygens (including phenoxy) is 1. The highest BCUT2D eigenvalue weighted by Gasteiger charge is 2.44. The number of morpholine rings is 1. The molecular formula is C31H35F2NO3Si. The Labute approximate surface area is 226 Å². The van der Waals surface area contributed by atoms with Gasteiger partial charge in [0.1, 0.15) is 11.9 Å². The maximum atomic E-state index is 16.3. The molecule has 2 radical (unpaired) electrons. The molecule has 1 aliphatic rings. The smallest absolute Gasteiger partial charge is 0.237 e. The zero-order valence-electron chi connectivity index (χ0n) is 22.6. The van der Waals surface area contributed by atoms with Gasteiger partial charge >= 0.3 is 0 Å². The summed E-state index contributed by atoms with van der Waals surface area (Å²) in [6, 6.07) is 20.9. The first-order chi connectivity index (χ1) is 18.1. The lowest BCUT2D eigenvalue weighted by Crippen LogP contribution is -2.47. The van der Waals surface area contributed by atoms with Gasteiger partial charge in [0.2, 0.25) is 9.76 Å². The monoisotopic (exact) mass is 535 g/mol. The number of aldehydes is 1. The minimum absolute atomic E-state index is 0.00420. The SMILES string of the molecule is CC1CN(c2c(C(O[Si]C(C)(C)C)(c3ccccc3)c3ccccc3)cc(CC=O)c(F)c2F)CC(C)O1. The summed E-state index contributed by atoms with van der Waals surface area (Å²) in [6.45, 7) is 10.9. The number of hydrogen-bond donors (Lipinski definition) is 0. The Morgan fingerprint density at radius 1 is 0.947 bits per heavy atom. The summed E-state index contributed by atoms with van der Waals surface area (Å²) in [6.07, 6.45) is 0.00513. The van der Waals surface area contributed by atoms with E-state index in [4.69, 9.17) is 9.16 Å². The van der Waals surface area contributed by atoms with E-state index in [2.05, 4.69) is 20.8 Å². The fourth-order valence-corrected chi connectivity index (χ4v) is 5.88. The number of halogens is 2. The van der Waals surface area contributed by atoms with Crippen molar-refractivity contribution in [1.29, 1.82) is 0 Å². The van der Waals surface area contributed by atoms with Gasteiger partial charge in [-0.1, -0.05) is 81.4 Å². The van der Waals surface area contributed by atoms with Gasteiger partial charge in [0, 0.05) is 25.1 Å². The zero-order chi connectivity index (χ0) is 27.5. The van der Waals surface area contributed by atoms with Crippen LogP contribution in [0.1, 0.15) is 56.9 Å². The largest absolute Gasteiger partial charge is 0.400 e. The van der Waals surface area contributed by atoms with Crippen LogP contribution in [-0.2, 0) is 26.0 Å². The van der Waals surface area contributed by atoms with Gasteiger partial charge in [0.05, 0.1) is 17.9 Å². The molecule has 0 N–H and O–H groups in total. The molecule has 3 aromatic rings. The Bertz CT molecular complexity index is 1200. The van der Waals surface area contributed by atoms with Crippen molar-refractivity contribution in [2.45, 2.75) is 63.9 Å². The standard InChI is InChI=1S/C31H35F2NO3Si/c1-21-19-34(20-22(2)36-21)29-26(18-23(16-17-35)27(32)28(29)33)31(37-38-30(3,4)5,24-12-8-6-9-13-24)25-14-10-7-11-15-25/h6-15,17-18,21-22H,16,19-20H2,1-5H3. The third kappa shape index (κ3) is 5.75. The first-order valence-corrected chi connectivity index (χ1v) is 13.9.